The molecule has 68 valence electrons. The number of ketones is 2. The fraction of sp³-hybridized carbons (Fsp3) is 0.800. The molecule has 0 atom stereocenters. The molecule has 0 aromatic heterocycles. The molecule has 0 unspecified atom stereocenters. The molecule has 2 saturated carbocycles. The molecule has 12 heavy (non-hydrogen) atoms. The summed E-state index contributed by atoms with van der Waals surface area (Å²) < 4.78 is 0. The maximum absolute atomic E-state index is 10.9. The Kier molecular flexibility index (Phi) is 2.65. The molecular weight excluding hydrogens is 152 g/mol. The third-order valence-corrected chi connectivity index (χ3v) is 2.50. The van der Waals surface area contributed by atoms with Gasteiger partial charge in [-0.05, 0) is 18.3 Å². The maximum atomic E-state index is 10.9. The van der Waals surface area contributed by atoms with Crippen molar-refractivity contribution in [3.05, 3.63) is 0 Å². The summed E-state index contributed by atoms with van der Waals surface area (Å²) in [6.45, 7) is 4.00. The van der Waals surface area contributed by atoms with Crippen LogP contribution in [0.4, 0.5) is 0 Å². The van der Waals surface area contributed by atoms with E-state index in [-0.39, 0.29) is 23.4 Å². The van der Waals surface area contributed by atoms with Gasteiger partial charge in [0.2, 0.25) is 0 Å². The molecule has 0 radical (unpaired) electrons. The molecule has 0 N–H and O–H groups in total. The lowest BCUT2D eigenvalue weighted by Crippen LogP contribution is -2.23. The van der Waals surface area contributed by atoms with Gasteiger partial charge in [0.1, 0.15) is 11.6 Å². The quantitative estimate of drug-likeness (QED) is 0.519. The second-order valence-corrected chi connectivity index (χ2v) is 3.61. The van der Waals surface area contributed by atoms with E-state index in [1.54, 1.807) is 0 Å². The van der Waals surface area contributed by atoms with Gasteiger partial charge in [0.05, 0.1) is 6.42 Å². The topological polar surface area (TPSA) is 34.1 Å². The number of Topliss-reactive ketones (excluding diaryl/α,β-unsaturated/α-hetero) is 2. The molecule has 2 aliphatic rings. The van der Waals surface area contributed by atoms with E-state index in [1.165, 1.54) is 0 Å². The first-order valence-corrected chi connectivity index (χ1v) is 4.74. The predicted octanol–water partition coefficient (Wildman–Crippen LogP) is 2.11. The Morgan fingerprint density at radius 1 is 1.00 bits per heavy atom. The molecule has 2 rings (SSSR count). The lowest BCUT2D eigenvalue weighted by molar-refractivity contribution is -0.131. The number of carbonyl (C=O) groups is 2. The first-order valence-electron chi connectivity index (χ1n) is 4.74. The summed E-state index contributed by atoms with van der Waals surface area (Å²) in [4.78, 5) is 21.8. The molecule has 2 fully saturated rings. The van der Waals surface area contributed by atoms with Crippen molar-refractivity contribution in [1.29, 1.82) is 0 Å². The van der Waals surface area contributed by atoms with Gasteiger partial charge < -0.3 is 0 Å². The molecule has 2 nitrogen and oxygen atoms in total. The average Bonchev–Trinajstić information content (AvgIpc) is 2.70. The van der Waals surface area contributed by atoms with E-state index in [0.29, 0.717) is 12.8 Å². The molecule has 0 amide bonds. The molecule has 2 heteroatoms. The van der Waals surface area contributed by atoms with Gasteiger partial charge in [0, 0.05) is 12.8 Å². The predicted molar refractivity (Wildman–Crippen MR) is 46.9 cm³/mol. The highest BCUT2D eigenvalue weighted by atomic mass is 16.1. The van der Waals surface area contributed by atoms with Gasteiger partial charge >= 0.3 is 0 Å². The van der Waals surface area contributed by atoms with Crippen molar-refractivity contribution in [3.63, 3.8) is 0 Å². The van der Waals surface area contributed by atoms with Crippen LogP contribution in [0.25, 0.3) is 0 Å². The van der Waals surface area contributed by atoms with E-state index in [9.17, 15) is 9.59 Å². The van der Waals surface area contributed by atoms with E-state index in [4.69, 9.17) is 0 Å². The highest BCUT2D eigenvalue weighted by molar-refractivity contribution is 6.02. The van der Waals surface area contributed by atoms with Crippen molar-refractivity contribution in [2.75, 3.05) is 0 Å². The molecule has 1 spiro atoms. The molecule has 0 aliphatic heterocycles. The summed E-state index contributed by atoms with van der Waals surface area (Å²) >= 11 is 0. The summed E-state index contributed by atoms with van der Waals surface area (Å²) in [5, 5.41) is 0. The second kappa shape index (κ2) is 3.38. The maximum Gasteiger partial charge on any atom is 0.140 e. The van der Waals surface area contributed by atoms with Crippen LogP contribution in [0.15, 0.2) is 0 Å². The molecule has 0 saturated heterocycles. The van der Waals surface area contributed by atoms with Crippen LogP contribution in [-0.2, 0) is 9.59 Å². The molecule has 0 aromatic carbocycles. The van der Waals surface area contributed by atoms with Gasteiger partial charge in [0.15, 0.2) is 0 Å². The molecular formula is C10H16O2. The fourth-order valence-corrected chi connectivity index (χ4v) is 1.77. The molecule has 2 aliphatic carbocycles. The van der Waals surface area contributed by atoms with Gasteiger partial charge in [-0.25, -0.2) is 0 Å². The summed E-state index contributed by atoms with van der Waals surface area (Å²) in [6.07, 6.45) is 3.77. The van der Waals surface area contributed by atoms with Crippen LogP contribution in [0.2, 0.25) is 0 Å². The van der Waals surface area contributed by atoms with Gasteiger partial charge in [-0.3, -0.25) is 9.59 Å². The van der Waals surface area contributed by atoms with Crippen molar-refractivity contribution in [1.82, 2.24) is 0 Å². The lowest BCUT2D eigenvalue weighted by atomic mass is 9.85. The fourth-order valence-electron chi connectivity index (χ4n) is 1.77. The zero-order valence-corrected chi connectivity index (χ0v) is 7.85. The largest absolute Gasteiger partial charge is 0.299 e. The average molecular weight is 168 g/mol. The van der Waals surface area contributed by atoms with Crippen molar-refractivity contribution < 1.29 is 9.59 Å². The Labute approximate surface area is 73.3 Å². The number of hydrogen-bond acceptors (Lipinski definition) is 2. The van der Waals surface area contributed by atoms with E-state index in [1.807, 2.05) is 13.8 Å². The Morgan fingerprint density at radius 3 is 1.75 bits per heavy atom. The van der Waals surface area contributed by atoms with Crippen molar-refractivity contribution in [2.45, 2.75) is 46.0 Å². The standard InChI is InChI=1S/C8H10O2.C2H6/c9-6-3-7(10)5-8(4-6)1-2-8;1-2/h1-5H2;1-2H3. The number of hydrogen-bond donors (Lipinski definition) is 0. The minimum Gasteiger partial charge on any atom is -0.299 e. The summed E-state index contributed by atoms with van der Waals surface area (Å²) in [7, 11) is 0. The number of carbonyl (C=O) groups excluding carboxylic acids is 2. The van der Waals surface area contributed by atoms with E-state index in [2.05, 4.69) is 0 Å². The van der Waals surface area contributed by atoms with Gasteiger partial charge in [-0.2, -0.15) is 0 Å². The highest BCUT2D eigenvalue weighted by Crippen LogP contribution is 2.54. The summed E-state index contributed by atoms with van der Waals surface area (Å²) in [5.74, 6) is 0.322. The van der Waals surface area contributed by atoms with Crippen molar-refractivity contribution >= 4 is 11.6 Å². The van der Waals surface area contributed by atoms with E-state index in [0.717, 1.165) is 12.8 Å². The Bertz CT molecular complexity index is 184. The molecule has 0 bridgehead atoms. The van der Waals surface area contributed by atoms with Crippen molar-refractivity contribution in [2.24, 2.45) is 5.41 Å². The smallest absolute Gasteiger partial charge is 0.140 e. The molecule has 0 heterocycles. The monoisotopic (exact) mass is 168 g/mol. The Balaban J connectivity index is 0.000000336. The van der Waals surface area contributed by atoms with Crippen LogP contribution >= 0.6 is 0 Å². The normalized spacial score (nSPS) is 24.8. The zero-order valence-electron chi connectivity index (χ0n) is 7.85. The second-order valence-electron chi connectivity index (χ2n) is 3.61. The summed E-state index contributed by atoms with van der Waals surface area (Å²) in [6, 6.07) is 0. The van der Waals surface area contributed by atoms with E-state index < -0.39 is 0 Å². The van der Waals surface area contributed by atoms with Crippen LogP contribution in [0, 0.1) is 5.41 Å². The molecule has 0 aromatic rings. The summed E-state index contributed by atoms with van der Waals surface area (Å²) in [5.41, 5.74) is 0.173. The van der Waals surface area contributed by atoms with Crippen LogP contribution in [0.1, 0.15) is 46.0 Å². The van der Waals surface area contributed by atoms with Gasteiger partial charge in [-0.15, -0.1) is 0 Å². The third kappa shape index (κ3) is 1.93. The lowest BCUT2D eigenvalue weighted by Gasteiger charge is -2.17. The van der Waals surface area contributed by atoms with Gasteiger partial charge in [0.25, 0.3) is 0 Å². The third-order valence-electron chi connectivity index (χ3n) is 2.50. The highest BCUT2D eigenvalue weighted by Gasteiger charge is 2.48. The Morgan fingerprint density at radius 2 is 1.42 bits per heavy atom. The van der Waals surface area contributed by atoms with Crippen LogP contribution in [0.5, 0.6) is 0 Å². The zero-order chi connectivity index (χ0) is 9.19. The van der Waals surface area contributed by atoms with Gasteiger partial charge in [-0.1, -0.05) is 13.8 Å². The first kappa shape index (κ1) is 9.43. The minimum atomic E-state index is 0.161. The Hall–Kier alpha value is -0.660. The van der Waals surface area contributed by atoms with Crippen molar-refractivity contribution in [3.8, 4) is 0 Å². The number of rotatable bonds is 0. The van der Waals surface area contributed by atoms with Crippen LogP contribution in [0.3, 0.4) is 0 Å². The van der Waals surface area contributed by atoms with Crippen LogP contribution < -0.4 is 0 Å². The SMILES string of the molecule is CC.O=C1CC(=O)CC2(CC2)C1. The first-order chi connectivity index (χ1) is 5.70. The minimum absolute atomic E-state index is 0.161. The van der Waals surface area contributed by atoms with E-state index >= 15 is 0 Å². The van der Waals surface area contributed by atoms with Crippen LogP contribution in [-0.4, -0.2) is 11.6 Å².